The Balaban J connectivity index is 1.57. The lowest BCUT2D eigenvalue weighted by atomic mass is 9.92. The first-order valence-corrected chi connectivity index (χ1v) is 15.2. The van der Waals surface area contributed by atoms with E-state index in [2.05, 4.69) is 39.9 Å². The Kier molecular flexibility index (Phi) is 7.81. The van der Waals surface area contributed by atoms with Crippen molar-refractivity contribution in [2.75, 3.05) is 4.72 Å². The third-order valence-electron chi connectivity index (χ3n) is 7.28. The highest BCUT2D eigenvalue weighted by Crippen LogP contribution is 2.33. The summed E-state index contributed by atoms with van der Waals surface area (Å²) in [7, 11) is -3.95. The predicted octanol–water partition coefficient (Wildman–Crippen LogP) is 5.29. The Hall–Kier alpha value is -4.25. The molecule has 2 aromatic carbocycles. The molecule has 0 saturated heterocycles. The quantitative estimate of drug-likeness (QED) is 0.231. The molecule has 2 N–H and O–H groups in total. The van der Waals surface area contributed by atoms with E-state index in [4.69, 9.17) is 9.51 Å². The number of anilines is 1. The second-order valence-corrected chi connectivity index (χ2v) is 11.9. The van der Waals surface area contributed by atoms with Crippen LogP contribution in [0.3, 0.4) is 0 Å². The molecule has 0 aliphatic carbocycles. The number of aryl methyl sites for hydroxylation is 4. The summed E-state index contributed by atoms with van der Waals surface area (Å²) in [5, 5.41) is 6.62. The van der Waals surface area contributed by atoms with Gasteiger partial charge in [0.05, 0.1) is 4.90 Å². The van der Waals surface area contributed by atoms with Crippen molar-refractivity contribution < 1.29 is 12.9 Å². The summed E-state index contributed by atoms with van der Waals surface area (Å²) in [6.45, 7) is 9.55. The average molecular weight is 575 g/mol. The zero-order valence-electron chi connectivity index (χ0n) is 23.9. The Labute approximate surface area is 238 Å². The summed E-state index contributed by atoms with van der Waals surface area (Å²) in [5.74, 6) is 1.42. The minimum Gasteiger partial charge on any atom is -0.359 e. The Morgan fingerprint density at radius 2 is 1.73 bits per heavy atom. The van der Waals surface area contributed by atoms with Gasteiger partial charge in [-0.15, -0.1) is 0 Å². The van der Waals surface area contributed by atoms with Gasteiger partial charge in [0.1, 0.15) is 11.6 Å². The van der Waals surface area contributed by atoms with Crippen molar-refractivity contribution in [2.45, 2.75) is 71.6 Å². The van der Waals surface area contributed by atoms with E-state index in [0.717, 1.165) is 53.6 Å². The van der Waals surface area contributed by atoms with Gasteiger partial charge < -0.3 is 4.52 Å². The number of hydrogen-bond donors (Lipinski definition) is 2. The standard InChI is InChI=1S/C30H34N6O4S/c1-6-10-22-16-21(17-25-26(11-7-2)31-20(5)36-29(25)32-30(37)33-36)14-15-23(22)24-12-8-9-13-27(24)41(38,39)35-28-18(3)19(4)40-34-28/h8-9,12-16H,6-7,10-11,17H2,1-5H3,(H,33,37)(H,34,35). The number of aromatic amines is 1. The van der Waals surface area contributed by atoms with Crippen LogP contribution in [0.4, 0.5) is 5.82 Å². The molecule has 3 aromatic heterocycles. The van der Waals surface area contributed by atoms with Crippen LogP contribution in [0.15, 0.2) is 56.7 Å². The molecule has 0 amide bonds. The van der Waals surface area contributed by atoms with Crippen molar-refractivity contribution in [3.8, 4) is 11.1 Å². The molecule has 0 saturated carbocycles. The van der Waals surface area contributed by atoms with Crippen LogP contribution >= 0.6 is 0 Å². The predicted molar refractivity (Wildman–Crippen MR) is 158 cm³/mol. The smallest absolute Gasteiger partial charge is 0.359 e. The van der Waals surface area contributed by atoms with Crippen LogP contribution in [0.1, 0.15) is 66.2 Å². The number of aromatic nitrogens is 5. The summed E-state index contributed by atoms with van der Waals surface area (Å²) in [4.78, 5) is 21.3. The summed E-state index contributed by atoms with van der Waals surface area (Å²) in [6.07, 6.45) is 3.87. The number of sulfonamides is 1. The molecule has 0 aliphatic heterocycles. The van der Waals surface area contributed by atoms with E-state index in [1.54, 1.807) is 30.5 Å². The minimum absolute atomic E-state index is 0.163. The molecule has 11 heteroatoms. The van der Waals surface area contributed by atoms with Gasteiger partial charge in [-0.25, -0.2) is 27.8 Å². The second-order valence-electron chi connectivity index (χ2n) is 10.3. The maximum atomic E-state index is 13.5. The second kappa shape index (κ2) is 11.3. The van der Waals surface area contributed by atoms with Crippen molar-refractivity contribution in [3.05, 3.63) is 92.5 Å². The van der Waals surface area contributed by atoms with Crippen LogP contribution < -0.4 is 10.4 Å². The van der Waals surface area contributed by atoms with Crippen LogP contribution in [0.25, 0.3) is 16.8 Å². The van der Waals surface area contributed by atoms with Crippen molar-refractivity contribution in [1.82, 2.24) is 24.7 Å². The Morgan fingerprint density at radius 1 is 0.976 bits per heavy atom. The first kappa shape index (κ1) is 28.3. The molecule has 10 nitrogen and oxygen atoms in total. The van der Waals surface area contributed by atoms with Gasteiger partial charge in [-0.1, -0.05) is 68.2 Å². The topological polar surface area (TPSA) is 135 Å². The monoisotopic (exact) mass is 574 g/mol. The lowest BCUT2D eigenvalue weighted by molar-refractivity contribution is 0.399. The lowest BCUT2D eigenvalue weighted by Gasteiger charge is -2.17. The van der Waals surface area contributed by atoms with E-state index in [1.807, 2.05) is 31.2 Å². The first-order chi connectivity index (χ1) is 19.6. The number of fused-ring (bicyclic) bond motifs is 1. The summed E-state index contributed by atoms with van der Waals surface area (Å²) < 4.78 is 36.5. The van der Waals surface area contributed by atoms with Gasteiger partial charge in [-0.3, -0.25) is 4.72 Å². The van der Waals surface area contributed by atoms with Crippen LogP contribution in [0.2, 0.25) is 0 Å². The molecule has 214 valence electrons. The lowest BCUT2D eigenvalue weighted by Crippen LogP contribution is -2.15. The van der Waals surface area contributed by atoms with E-state index >= 15 is 0 Å². The van der Waals surface area contributed by atoms with Crippen LogP contribution in [-0.2, 0) is 29.3 Å². The zero-order chi connectivity index (χ0) is 29.3. The largest absolute Gasteiger partial charge is 0.362 e. The summed E-state index contributed by atoms with van der Waals surface area (Å²) in [6, 6.07) is 13.1. The summed E-state index contributed by atoms with van der Waals surface area (Å²) in [5.41, 5.74) is 6.19. The molecule has 5 rings (SSSR count). The highest BCUT2D eigenvalue weighted by Gasteiger charge is 2.24. The third-order valence-corrected chi connectivity index (χ3v) is 8.67. The highest BCUT2D eigenvalue weighted by atomic mass is 32.2. The maximum Gasteiger partial charge on any atom is 0.362 e. The van der Waals surface area contributed by atoms with Gasteiger partial charge in [0, 0.05) is 28.8 Å². The normalized spacial score (nSPS) is 11.8. The van der Waals surface area contributed by atoms with Gasteiger partial charge in [0.2, 0.25) is 0 Å². The third kappa shape index (κ3) is 5.54. The van der Waals surface area contributed by atoms with Crippen LogP contribution in [-0.4, -0.2) is 33.2 Å². The zero-order valence-corrected chi connectivity index (χ0v) is 24.7. The van der Waals surface area contributed by atoms with E-state index < -0.39 is 15.7 Å². The molecule has 0 aliphatic rings. The average Bonchev–Trinajstić information content (AvgIpc) is 3.48. The van der Waals surface area contributed by atoms with Crippen molar-refractivity contribution in [3.63, 3.8) is 0 Å². The molecule has 0 spiro atoms. The van der Waals surface area contributed by atoms with Gasteiger partial charge in [-0.2, -0.15) is 4.98 Å². The van der Waals surface area contributed by atoms with E-state index in [9.17, 15) is 13.2 Å². The van der Waals surface area contributed by atoms with Gasteiger partial charge >= 0.3 is 5.69 Å². The summed E-state index contributed by atoms with van der Waals surface area (Å²) >= 11 is 0. The van der Waals surface area contributed by atoms with Crippen molar-refractivity contribution in [1.29, 1.82) is 0 Å². The van der Waals surface area contributed by atoms with E-state index in [-0.39, 0.29) is 10.7 Å². The van der Waals surface area contributed by atoms with Crippen molar-refractivity contribution >= 4 is 21.5 Å². The van der Waals surface area contributed by atoms with Gasteiger partial charge in [0.15, 0.2) is 11.5 Å². The minimum atomic E-state index is -3.95. The van der Waals surface area contributed by atoms with Crippen LogP contribution in [0, 0.1) is 20.8 Å². The molecule has 3 heterocycles. The number of H-pyrrole nitrogens is 1. The fraction of sp³-hybridized carbons (Fsp3) is 0.333. The van der Waals surface area contributed by atoms with Crippen LogP contribution in [0.5, 0.6) is 0 Å². The molecule has 0 atom stereocenters. The molecule has 0 unspecified atom stereocenters. The first-order valence-electron chi connectivity index (χ1n) is 13.8. The SMILES string of the molecule is CCCc1cc(Cc2c(CCC)nc(C)n3[nH]c(=O)nc23)ccc1-c1ccccc1S(=O)(=O)Nc1noc(C)c1C. The Bertz CT molecular complexity index is 1900. The molecule has 0 fully saturated rings. The number of nitrogens with one attached hydrogen (secondary N) is 2. The van der Waals surface area contributed by atoms with E-state index in [1.165, 1.54) is 0 Å². The molecule has 41 heavy (non-hydrogen) atoms. The molecular formula is C30H34N6O4S. The maximum absolute atomic E-state index is 13.5. The van der Waals surface area contributed by atoms with E-state index in [0.29, 0.717) is 34.8 Å². The number of rotatable bonds is 10. The number of nitrogens with zero attached hydrogens (tertiary/aromatic N) is 4. The molecule has 0 radical (unpaired) electrons. The van der Waals surface area contributed by atoms with Crippen molar-refractivity contribution in [2.24, 2.45) is 0 Å². The fourth-order valence-corrected chi connectivity index (χ4v) is 6.42. The molecular weight excluding hydrogens is 540 g/mol. The fourth-order valence-electron chi connectivity index (χ4n) is 5.14. The highest BCUT2D eigenvalue weighted by molar-refractivity contribution is 7.92. The number of hydrogen-bond acceptors (Lipinski definition) is 7. The molecule has 5 aromatic rings. The molecule has 0 bridgehead atoms. The Morgan fingerprint density at radius 3 is 2.44 bits per heavy atom. The van der Waals surface area contributed by atoms with Gasteiger partial charge in [0.25, 0.3) is 10.0 Å². The number of benzene rings is 2. The van der Waals surface area contributed by atoms with Gasteiger partial charge in [-0.05, 0) is 56.4 Å².